The maximum atomic E-state index is 10.8. The second-order valence-electron chi connectivity index (χ2n) is 4.87. The van der Waals surface area contributed by atoms with Crippen molar-refractivity contribution in [1.29, 1.82) is 0 Å². The lowest BCUT2D eigenvalue weighted by Crippen LogP contribution is -2.35. The van der Waals surface area contributed by atoms with Crippen LogP contribution in [-0.4, -0.2) is 40.3 Å². The highest BCUT2D eigenvalue weighted by Gasteiger charge is 2.40. The SMILES string of the molecule is CS(=O)(=O)OCCC1CCC2(CC1)OCCO2. The smallest absolute Gasteiger partial charge is 0.264 e. The average molecular weight is 264 g/mol. The Morgan fingerprint density at radius 1 is 1.24 bits per heavy atom. The molecule has 0 unspecified atom stereocenters. The molecular formula is C11H20O5S. The second kappa shape index (κ2) is 5.22. The largest absolute Gasteiger partial charge is 0.348 e. The van der Waals surface area contributed by atoms with Crippen LogP contribution in [0.5, 0.6) is 0 Å². The third-order valence-corrected chi connectivity index (χ3v) is 4.10. The van der Waals surface area contributed by atoms with Crippen molar-refractivity contribution in [3.8, 4) is 0 Å². The Kier molecular flexibility index (Phi) is 4.07. The molecule has 0 atom stereocenters. The molecule has 2 rings (SSSR count). The van der Waals surface area contributed by atoms with Gasteiger partial charge < -0.3 is 9.47 Å². The molecule has 17 heavy (non-hydrogen) atoms. The van der Waals surface area contributed by atoms with Crippen molar-refractivity contribution in [3.05, 3.63) is 0 Å². The second-order valence-corrected chi connectivity index (χ2v) is 6.51. The van der Waals surface area contributed by atoms with Crippen LogP contribution in [0.25, 0.3) is 0 Å². The number of hydrogen-bond acceptors (Lipinski definition) is 5. The van der Waals surface area contributed by atoms with Gasteiger partial charge in [0.1, 0.15) is 0 Å². The summed E-state index contributed by atoms with van der Waals surface area (Å²) < 4.78 is 37.7. The van der Waals surface area contributed by atoms with Crippen LogP contribution in [-0.2, 0) is 23.8 Å². The fraction of sp³-hybridized carbons (Fsp3) is 1.00. The highest BCUT2D eigenvalue weighted by Crippen LogP contribution is 2.39. The van der Waals surface area contributed by atoms with E-state index in [2.05, 4.69) is 0 Å². The third-order valence-electron chi connectivity index (χ3n) is 3.50. The maximum absolute atomic E-state index is 10.8. The van der Waals surface area contributed by atoms with Crippen LogP contribution in [0.15, 0.2) is 0 Å². The van der Waals surface area contributed by atoms with Crippen LogP contribution in [0.1, 0.15) is 32.1 Å². The van der Waals surface area contributed by atoms with Gasteiger partial charge in [-0.15, -0.1) is 0 Å². The zero-order valence-electron chi connectivity index (χ0n) is 10.2. The van der Waals surface area contributed by atoms with Gasteiger partial charge in [0.25, 0.3) is 10.1 Å². The van der Waals surface area contributed by atoms with Crippen LogP contribution >= 0.6 is 0 Å². The molecule has 100 valence electrons. The molecule has 1 spiro atoms. The summed E-state index contributed by atoms with van der Waals surface area (Å²) in [5, 5.41) is 0. The van der Waals surface area contributed by atoms with E-state index in [4.69, 9.17) is 13.7 Å². The minimum atomic E-state index is -3.30. The summed E-state index contributed by atoms with van der Waals surface area (Å²) >= 11 is 0. The molecule has 2 aliphatic rings. The van der Waals surface area contributed by atoms with Crippen LogP contribution in [0.2, 0.25) is 0 Å². The summed E-state index contributed by atoms with van der Waals surface area (Å²) in [6, 6.07) is 0. The molecule has 6 heteroatoms. The van der Waals surface area contributed by atoms with Crippen molar-refractivity contribution in [2.45, 2.75) is 37.9 Å². The Labute approximate surface area is 103 Å². The van der Waals surface area contributed by atoms with Crippen LogP contribution in [0.4, 0.5) is 0 Å². The summed E-state index contributed by atoms with van der Waals surface area (Å²) in [6.07, 6.45) is 5.75. The number of hydrogen-bond donors (Lipinski definition) is 0. The van der Waals surface area contributed by atoms with Gasteiger partial charge in [-0.3, -0.25) is 4.18 Å². The van der Waals surface area contributed by atoms with E-state index in [0.29, 0.717) is 19.1 Å². The van der Waals surface area contributed by atoms with Crippen molar-refractivity contribution >= 4 is 10.1 Å². The highest BCUT2D eigenvalue weighted by atomic mass is 32.2. The Morgan fingerprint density at radius 2 is 1.82 bits per heavy atom. The Morgan fingerprint density at radius 3 is 2.35 bits per heavy atom. The van der Waals surface area contributed by atoms with Crippen molar-refractivity contribution < 1.29 is 22.1 Å². The van der Waals surface area contributed by atoms with Gasteiger partial charge in [-0.25, -0.2) is 0 Å². The lowest BCUT2D eigenvalue weighted by Gasteiger charge is -2.35. The minimum Gasteiger partial charge on any atom is -0.348 e. The molecule has 1 aliphatic heterocycles. The van der Waals surface area contributed by atoms with Gasteiger partial charge in [-0.05, 0) is 25.2 Å². The van der Waals surface area contributed by atoms with Crippen LogP contribution in [0, 0.1) is 5.92 Å². The standard InChI is InChI=1S/C11H20O5S/c1-17(12,13)16-7-4-10-2-5-11(6-3-10)14-8-9-15-11/h10H,2-9H2,1H3. The van der Waals surface area contributed by atoms with Crippen LogP contribution in [0.3, 0.4) is 0 Å². The minimum absolute atomic E-state index is 0.290. The summed E-state index contributed by atoms with van der Waals surface area (Å²) in [5.74, 6) is 0.198. The molecule has 1 heterocycles. The van der Waals surface area contributed by atoms with E-state index in [-0.39, 0.29) is 12.4 Å². The van der Waals surface area contributed by atoms with Gasteiger partial charge in [0.05, 0.1) is 26.1 Å². The van der Waals surface area contributed by atoms with E-state index in [1.54, 1.807) is 0 Å². The predicted octanol–water partition coefficient (Wildman–Crippen LogP) is 1.29. The Hall–Kier alpha value is -0.170. The predicted molar refractivity (Wildman–Crippen MR) is 62.0 cm³/mol. The Balaban J connectivity index is 1.69. The zero-order valence-corrected chi connectivity index (χ0v) is 11.0. The van der Waals surface area contributed by atoms with Crippen molar-refractivity contribution in [2.75, 3.05) is 26.1 Å². The van der Waals surface area contributed by atoms with E-state index in [1.807, 2.05) is 0 Å². The monoisotopic (exact) mass is 264 g/mol. The molecule has 1 saturated carbocycles. The first-order valence-electron chi connectivity index (χ1n) is 6.11. The van der Waals surface area contributed by atoms with Gasteiger partial charge in [-0.2, -0.15) is 8.42 Å². The van der Waals surface area contributed by atoms with E-state index in [1.165, 1.54) is 0 Å². The molecular weight excluding hydrogens is 244 g/mol. The molecule has 1 saturated heterocycles. The van der Waals surface area contributed by atoms with Crippen molar-refractivity contribution in [3.63, 3.8) is 0 Å². The summed E-state index contributed by atoms with van der Waals surface area (Å²) in [7, 11) is -3.30. The van der Waals surface area contributed by atoms with E-state index >= 15 is 0 Å². The van der Waals surface area contributed by atoms with Crippen LogP contribution < -0.4 is 0 Å². The highest BCUT2D eigenvalue weighted by molar-refractivity contribution is 7.85. The molecule has 0 aromatic heterocycles. The zero-order chi connectivity index (χ0) is 12.4. The average Bonchev–Trinajstić information content (AvgIpc) is 2.68. The normalized spacial score (nSPS) is 25.5. The number of ether oxygens (including phenoxy) is 2. The van der Waals surface area contributed by atoms with Gasteiger partial charge in [0, 0.05) is 12.8 Å². The molecule has 0 aromatic rings. The molecule has 0 N–H and O–H groups in total. The van der Waals surface area contributed by atoms with E-state index in [9.17, 15) is 8.42 Å². The summed E-state index contributed by atoms with van der Waals surface area (Å²) in [5.41, 5.74) is 0. The molecule has 0 aromatic carbocycles. The maximum Gasteiger partial charge on any atom is 0.264 e. The molecule has 0 radical (unpaired) electrons. The first-order valence-corrected chi connectivity index (χ1v) is 7.93. The van der Waals surface area contributed by atoms with E-state index in [0.717, 1.165) is 38.4 Å². The first kappa shape index (κ1) is 13.3. The molecule has 0 bridgehead atoms. The van der Waals surface area contributed by atoms with Gasteiger partial charge in [0.2, 0.25) is 0 Å². The summed E-state index contributed by atoms with van der Waals surface area (Å²) in [6.45, 7) is 1.68. The first-order chi connectivity index (χ1) is 7.99. The summed E-state index contributed by atoms with van der Waals surface area (Å²) in [4.78, 5) is 0. The van der Waals surface area contributed by atoms with Crippen molar-refractivity contribution in [2.24, 2.45) is 5.92 Å². The number of rotatable bonds is 4. The topological polar surface area (TPSA) is 61.8 Å². The third kappa shape index (κ3) is 3.91. The lowest BCUT2D eigenvalue weighted by atomic mass is 9.83. The van der Waals surface area contributed by atoms with E-state index < -0.39 is 10.1 Å². The molecule has 0 amide bonds. The quantitative estimate of drug-likeness (QED) is 0.716. The lowest BCUT2D eigenvalue weighted by molar-refractivity contribution is -0.182. The molecule has 2 fully saturated rings. The van der Waals surface area contributed by atoms with Gasteiger partial charge >= 0.3 is 0 Å². The molecule has 1 aliphatic carbocycles. The molecule has 5 nitrogen and oxygen atoms in total. The Bertz CT molecular complexity index is 335. The van der Waals surface area contributed by atoms with Gasteiger partial charge in [0.15, 0.2) is 5.79 Å². The van der Waals surface area contributed by atoms with Crippen molar-refractivity contribution in [1.82, 2.24) is 0 Å². The fourth-order valence-electron chi connectivity index (χ4n) is 2.56. The fourth-order valence-corrected chi connectivity index (χ4v) is 2.96. The van der Waals surface area contributed by atoms with Gasteiger partial charge in [-0.1, -0.05) is 0 Å².